The van der Waals surface area contributed by atoms with Gasteiger partial charge in [-0.1, -0.05) is 26.0 Å². The molecule has 8 heteroatoms. The van der Waals surface area contributed by atoms with Gasteiger partial charge in [0, 0.05) is 24.5 Å². The number of methoxy groups -OCH3 is 1. The van der Waals surface area contributed by atoms with E-state index in [1.807, 2.05) is 20.8 Å². The Labute approximate surface area is 122 Å². The topological polar surface area (TPSA) is 106 Å². The molecule has 0 aliphatic heterocycles. The van der Waals surface area contributed by atoms with Gasteiger partial charge in [0.2, 0.25) is 5.91 Å². The van der Waals surface area contributed by atoms with Crippen LogP contribution in [0.2, 0.25) is 0 Å². The van der Waals surface area contributed by atoms with Crippen molar-refractivity contribution in [3.8, 4) is 0 Å². The fraction of sp³-hybridized carbons (Fsp3) is 0.692. The van der Waals surface area contributed by atoms with Crippen LogP contribution < -0.4 is 5.32 Å². The lowest BCUT2D eigenvalue weighted by atomic mass is 9.58. The van der Waals surface area contributed by atoms with E-state index in [9.17, 15) is 9.59 Å². The standard InChI is InChI=1S/C13H20N4O4/c1-7-10(13(2,3)11(7)21-4)14-9(18)6-17-5-8(12(19)20)15-16-17/h5,7,10-11H,6H2,1-4H3,(H,14,18)(H,19,20). The van der Waals surface area contributed by atoms with Crippen molar-refractivity contribution >= 4 is 11.9 Å². The predicted molar refractivity (Wildman–Crippen MR) is 72.7 cm³/mol. The van der Waals surface area contributed by atoms with Crippen LogP contribution in [0.3, 0.4) is 0 Å². The maximum absolute atomic E-state index is 12.0. The Morgan fingerprint density at radius 3 is 2.67 bits per heavy atom. The van der Waals surface area contributed by atoms with Crippen LogP contribution >= 0.6 is 0 Å². The average Bonchev–Trinajstić information content (AvgIpc) is 2.85. The molecule has 1 amide bonds. The van der Waals surface area contributed by atoms with E-state index in [1.165, 1.54) is 10.9 Å². The molecule has 21 heavy (non-hydrogen) atoms. The molecule has 1 aromatic heterocycles. The van der Waals surface area contributed by atoms with E-state index in [4.69, 9.17) is 9.84 Å². The highest BCUT2D eigenvalue weighted by Gasteiger charge is 2.55. The highest BCUT2D eigenvalue weighted by Crippen LogP contribution is 2.46. The molecule has 3 atom stereocenters. The van der Waals surface area contributed by atoms with Gasteiger partial charge in [0.15, 0.2) is 5.69 Å². The summed E-state index contributed by atoms with van der Waals surface area (Å²) in [5, 5.41) is 18.8. The van der Waals surface area contributed by atoms with E-state index in [0.29, 0.717) is 0 Å². The number of nitrogens with zero attached hydrogens (tertiary/aromatic N) is 3. The van der Waals surface area contributed by atoms with Crippen LogP contribution in [0.25, 0.3) is 0 Å². The maximum atomic E-state index is 12.0. The molecule has 0 spiro atoms. The Morgan fingerprint density at radius 2 is 2.19 bits per heavy atom. The number of carbonyl (C=O) groups excluding carboxylic acids is 1. The Morgan fingerprint density at radius 1 is 1.52 bits per heavy atom. The molecule has 8 nitrogen and oxygen atoms in total. The first-order valence-corrected chi connectivity index (χ1v) is 6.73. The van der Waals surface area contributed by atoms with Crippen molar-refractivity contribution in [1.82, 2.24) is 20.3 Å². The zero-order valence-corrected chi connectivity index (χ0v) is 12.5. The number of nitrogens with one attached hydrogen (secondary N) is 1. The summed E-state index contributed by atoms with van der Waals surface area (Å²) in [5.74, 6) is -1.17. The van der Waals surface area contributed by atoms with Crippen LogP contribution in [0, 0.1) is 11.3 Å². The van der Waals surface area contributed by atoms with Crippen LogP contribution in [0.5, 0.6) is 0 Å². The molecule has 2 N–H and O–H groups in total. The molecule has 0 aromatic carbocycles. The Kier molecular flexibility index (Phi) is 3.99. The van der Waals surface area contributed by atoms with Crippen molar-refractivity contribution < 1.29 is 19.4 Å². The van der Waals surface area contributed by atoms with Crippen molar-refractivity contribution in [1.29, 1.82) is 0 Å². The molecule has 1 aromatic rings. The van der Waals surface area contributed by atoms with Crippen molar-refractivity contribution in [2.45, 2.75) is 39.5 Å². The summed E-state index contributed by atoms with van der Waals surface area (Å²) in [7, 11) is 1.67. The van der Waals surface area contributed by atoms with Crippen molar-refractivity contribution in [2.75, 3.05) is 7.11 Å². The number of hydrogen-bond acceptors (Lipinski definition) is 5. The number of carboxylic acid groups (broad SMARTS) is 1. The minimum absolute atomic E-state index is 0.0115. The maximum Gasteiger partial charge on any atom is 0.358 e. The van der Waals surface area contributed by atoms with Gasteiger partial charge in [-0.05, 0) is 0 Å². The quantitative estimate of drug-likeness (QED) is 0.801. The van der Waals surface area contributed by atoms with Crippen molar-refractivity contribution in [3.05, 3.63) is 11.9 Å². The zero-order valence-electron chi connectivity index (χ0n) is 12.5. The third kappa shape index (κ3) is 2.76. The molecule has 0 radical (unpaired) electrons. The minimum atomic E-state index is -1.17. The van der Waals surface area contributed by atoms with Crippen LogP contribution in [0.1, 0.15) is 31.3 Å². The fourth-order valence-corrected chi connectivity index (χ4v) is 3.26. The number of hydrogen-bond donors (Lipinski definition) is 2. The van der Waals surface area contributed by atoms with Gasteiger partial charge in [0.25, 0.3) is 0 Å². The average molecular weight is 296 g/mol. The fourth-order valence-electron chi connectivity index (χ4n) is 3.26. The number of amides is 1. The SMILES string of the molecule is COC1C(C)C(NC(=O)Cn2cc(C(=O)O)nn2)C1(C)C. The largest absolute Gasteiger partial charge is 0.476 e. The molecular weight excluding hydrogens is 276 g/mol. The van der Waals surface area contributed by atoms with E-state index in [2.05, 4.69) is 15.6 Å². The molecule has 2 rings (SSSR count). The first-order valence-electron chi connectivity index (χ1n) is 6.73. The lowest BCUT2D eigenvalue weighted by Crippen LogP contribution is -2.68. The van der Waals surface area contributed by atoms with E-state index in [-0.39, 0.29) is 41.6 Å². The molecule has 1 aliphatic rings. The van der Waals surface area contributed by atoms with Gasteiger partial charge < -0.3 is 15.2 Å². The van der Waals surface area contributed by atoms with Crippen LogP contribution in [0.15, 0.2) is 6.20 Å². The van der Waals surface area contributed by atoms with Crippen LogP contribution in [-0.2, 0) is 16.1 Å². The van der Waals surface area contributed by atoms with Gasteiger partial charge in [0.1, 0.15) is 6.54 Å². The highest BCUT2D eigenvalue weighted by atomic mass is 16.5. The van der Waals surface area contributed by atoms with Gasteiger partial charge in [-0.15, -0.1) is 5.10 Å². The molecule has 1 aliphatic carbocycles. The van der Waals surface area contributed by atoms with E-state index < -0.39 is 5.97 Å². The van der Waals surface area contributed by atoms with E-state index >= 15 is 0 Å². The molecule has 1 fully saturated rings. The number of ether oxygens (including phenoxy) is 1. The summed E-state index contributed by atoms with van der Waals surface area (Å²) in [6.45, 7) is 6.06. The Hall–Kier alpha value is -1.96. The summed E-state index contributed by atoms with van der Waals surface area (Å²) in [4.78, 5) is 22.7. The third-order valence-electron chi connectivity index (χ3n) is 4.17. The predicted octanol–water partition coefficient (Wildman–Crippen LogP) is 0.152. The summed E-state index contributed by atoms with van der Waals surface area (Å²) in [5.41, 5.74) is -0.321. The Balaban J connectivity index is 1.94. The van der Waals surface area contributed by atoms with Gasteiger partial charge in [-0.3, -0.25) is 4.79 Å². The van der Waals surface area contributed by atoms with Gasteiger partial charge in [-0.25, -0.2) is 9.48 Å². The molecule has 0 bridgehead atoms. The van der Waals surface area contributed by atoms with Crippen LogP contribution in [-0.4, -0.2) is 51.2 Å². The first-order chi connectivity index (χ1) is 9.77. The lowest BCUT2D eigenvalue weighted by molar-refractivity contribution is -0.154. The van der Waals surface area contributed by atoms with E-state index in [1.54, 1.807) is 7.11 Å². The van der Waals surface area contributed by atoms with Gasteiger partial charge >= 0.3 is 5.97 Å². The summed E-state index contributed by atoms with van der Waals surface area (Å²) >= 11 is 0. The second kappa shape index (κ2) is 5.44. The van der Waals surface area contributed by atoms with Gasteiger partial charge in [0.05, 0.1) is 12.3 Å². The monoisotopic (exact) mass is 296 g/mol. The third-order valence-corrected chi connectivity index (χ3v) is 4.17. The second-order valence-corrected chi connectivity index (χ2v) is 5.99. The van der Waals surface area contributed by atoms with Crippen molar-refractivity contribution in [2.24, 2.45) is 11.3 Å². The first kappa shape index (κ1) is 15.4. The molecule has 1 heterocycles. The zero-order chi connectivity index (χ0) is 15.8. The summed E-state index contributed by atoms with van der Waals surface area (Å²) < 4.78 is 6.64. The summed E-state index contributed by atoms with van der Waals surface area (Å²) in [6, 6.07) is 0.0115. The smallest absolute Gasteiger partial charge is 0.358 e. The molecule has 3 unspecified atom stereocenters. The van der Waals surface area contributed by atoms with Gasteiger partial charge in [-0.2, -0.15) is 0 Å². The second-order valence-electron chi connectivity index (χ2n) is 5.99. The molecular formula is C13H20N4O4. The number of carboxylic acids is 1. The molecule has 0 saturated heterocycles. The molecule has 1 saturated carbocycles. The number of aromatic nitrogens is 3. The van der Waals surface area contributed by atoms with Crippen molar-refractivity contribution in [3.63, 3.8) is 0 Å². The number of rotatable bonds is 5. The van der Waals surface area contributed by atoms with Crippen LogP contribution in [0.4, 0.5) is 0 Å². The minimum Gasteiger partial charge on any atom is -0.476 e. The normalized spacial score (nSPS) is 27.0. The Bertz CT molecular complexity index is 554. The number of carbonyl (C=O) groups is 2. The molecule has 116 valence electrons. The highest BCUT2D eigenvalue weighted by molar-refractivity contribution is 5.84. The summed E-state index contributed by atoms with van der Waals surface area (Å²) in [6.07, 6.45) is 1.34. The lowest BCUT2D eigenvalue weighted by Gasteiger charge is -2.56. The number of aromatic carboxylic acids is 1. The van der Waals surface area contributed by atoms with E-state index in [0.717, 1.165) is 0 Å².